The molecule has 120 valence electrons. The van der Waals surface area contributed by atoms with E-state index in [4.69, 9.17) is 15.2 Å². The Morgan fingerprint density at radius 2 is 2.09 bits per heavy atom. The van der Waals surface area contributed by atoms with Crippen LogP contribution in [-0.4, -0.2) is 30.3 Å². The van der Waals surface area contributed by atoms with E-state index in [1.165, 1.54) is 0 Å². The van der Waals surface area contributed by atoms with Crippen LogP contribution in [0.1, 0.15) is 32.5 Å². The fourth-order valence-electron chi connectivity index (χ4n) is 2.16. The van der Waals surface area contributed by atoms with E-state index in [1.807, 2.05) is 45.0 Å². The van der Waals surface area contributed by atoms with Crippen LogP contribution in [0.2, 0.25) is 0 Å². The maximum Gasteiger partial charge on any atom is 0.408 e. The van der Waals surface area contributed by atoms with Crippen LogP contribution in [-0.2, 0) is 4.74 Å². The Bertz CT molecular complexity index is 658. The SMILES string of the molecule is COc1ccc2cc(C(CN)NC(=O)OC(C)(C)C)[nH]c2c1. The molecule has 1 aromatic heterocycles. The lowest BCUT2D eigenvalue weighted by Gasteiger charge is -2.22. The van der Waals surface area contributed by atoms with Crippen LogP contribution in [0.3, 0.4) is 0 Å². The molecule has 0 bridgehead atoms. The van der Waals surface area contributed by atoms with E-state index in [2.05, 4.69) is 10.3 Å². The number of fused-ring (bicyclic) bond motifs is 1. The van der Waals surface area contributed by atoms with E-state index in [0.717, 1.165) is 22.3 Å². The molecule has 6 nitrogen and oxygen atoms in total. The summed E-state index contributed by atoms with van der Waals surface area (Å²) in [4.78, 5) is 15.2. The molecular formula is C16H23N3O3. The maximum absolute atomic E-state index is 11.9. The molecule has 0 fully saturated rings. The summed E-state index contributed by atoms with van der Waals surface area (Å²) in [7, 11) is 1.62. The van der Waals surface area contributed by atoms with Gasteiger partial charge in [0.2, 0.25) is 0 Å². The molecule has 1 heterocycles. The van der Waals surface area contributed by atoms with Gasteiger partial charge < -0.3 is 25.5 Å². The van der Waals surface area contributed by atoms with Gasteiger partial charge in [-0.25, -0.2) is 4.79 Å². The van der Waals surface area contributed by atoms with E-state index in [9.17, 15) is 4.79 Å². The van der Waals surface area contributed by atoms with Gasteiger partial charge in [-0.3, -0.25) is 0 Å². The summed E-state index contributed by atoms with van der Waals surface area (Å²) in [6, 6.07) is 7.37. The number of aromatic nitrogens is 1. The monoisotopic (exact) mass is 305 g/mol. The summed E-state index contributed by atoms with van der Waals surface area (Å²) in [5.41, 5.74) is 6.99. The highest BCUT2D eigenvalue weighted by Gasteiger charge is 2.20. The van der Waals surface area contributed by atoms with E-state index < -0.39 is 11.7 Å². The molecule has 1 atom stereocenters. The van der Waals surface area contributed by atoms with Crippen molar-refractivity contribution in [2.75, 3.05) is 13.7 Å². The molecule has 0 saturated heterocycles. The smallest absolute Gasteiger partial charge is 0.408 e. The average molecular weight is 305 g/mol. The van der Waals surface area contributed by atoms with Gasteiger partial charge >= 0.3 is 6.09 Å². The van der Waals surface area contributed by atoms with Crippen LogP contribution in [0.25, 0.3) is 10.9 Å². The van der Waals surface area contributed by atoms with Crippen LogP contribution in [0.5, 0.6) is 5.75 Å². The molecule has 1 amide bonds. The summed E-state index contributed by atoms with van der Waals surface area (Å²) in [5.74, 6) is 0.769. The first-order valence-electron chi connectivity index (χ1n) is 7.18. The second-order valence-electron chi connectivity index (χ2n) is 6.11. The third kappa shape index (κ3) is 3.92. The number of alkyl carbamates (subject to hydrolysis) is 1. The van der Waals surface area contributed by atoms with Crippen LogP contribution < -0.4 is 15.8 Å². The van der Waals surface area contributed by atoms with E-state index in [0.29, 0.717) is 0 Å². The van der Waals surface area contributed by atoms with Gasteiger partial charge in [-0.1, -0.05) is 0 Å². The molecule has 1 unspecified atom stereocenters. The number of rotatable bonds is 4. The van der Waals surface area contributed by atoms with Crippen molar-refractivity contribution < 1.29 is 14.3 Å². The number of nitrogens with one attached hydrogen (secondary N) is 2. The first kappa shape index (κ1) is 16.2. The minimum Gasteiger partial charge on any atom is -0.497 e. The van der Waals surface area contributed by atoms with Crippen molar-refractivity contribution in [1.29, 1.82) is 0 Å². The summed E-state index contributed by atoms with van der Waals surface area (Å²) in [5, 5.41) is 3.81. The first-order valence-corrected chi connectivity index (χ1v) is 7.18. The summed E-state index contributed by atoms with van der Waals surface area (Å²) in [6.07, 6.45) is -0.487. The Morgan fingerprint density at radius 3 is 2.68 bits per heavy atom. The van der Waals surface area contributed by atoms with Crippen LogP contribution in [0.4, 0.5) is 4.79 Å². The van der Waals surface area contributed by atoms with Gasteiger partial charge in [0.1, 0.15) is 11.4 Å². The van der Waals surface area contributed by atoms with Gasteiger partial charge in [-0.05, 0) is 44.4 Å². The van der Waals surface area contributed by atoms with Crippen LogP contribution in [0.15, 0.2) is 24.3 Å². The molecule has 0 radical (unpaired) electrons. The van der Waals surface area contributed by atoms with Crippen LogP contribution >= 0.6 is 0 Å². The van der Waals surface area contributed by atoms with Gasteiger partial charge in [0.25, 0.3) is 0 Å². The van der Waals surface area contributed by atoms with Crippen molar-refractivity contribution in [3.8, 4) is 5.75 Å². The molecule has 4 N–H and O–H groups in total. The molecule has 0 aliphatic carbocycles. The predicted octanol–water partition coefficient (Wildman–Crippen LogP) is 2.70. The highest BCUT2D eigenvalue weighted by atomic mass is 16.6. The number of methoxy groups -OCH3 is 1. The number of carbonyl (C=O) groups excluding carboxylic acids is 1. The first-order chi connectivity index (χ1) is 10.3. The third-order valence-corrected chi connectivity index (χ3v) is 3.15. The second-order valence-corrected chi connectivity index (χ2v) is 6.11. The lowest BCUT2D eigenvalue weighted by molar-refractivity contribution is 0.0504. The summed E-state index contributed by atoms with van der Waals surface area (Å²) >= 11 is 0. The fraction of sp³-hybridized carbons (Fsp3) is 0.438. The molecular weight excluding hydrogens is 282 g/mol. The minimum absolute atomic E-state index is 0.267. The minimum atomic E-state index is -0.545. The molecule has 0 aliphatic rings. The molecule has 0 spiro atoms. The fourth-order valence-corrected chi connectivity index (χ4v) is 2.16. The number of amides is 1. The zero-order chi connectivity index (χ0) is 16.3. The van der Waals surface area contributed by atoms with Gasteiger partial charge in [0, 0.05) is 23.8 Å². The number of hydrogen-bond donors (Lipinski definition) is 3. The number of H-pyrrole nitrogens is 1. The molecule has 1 aromatic carbocycles. The predicted molar refractivity (Wildman–Crippen MR) is 86.0 cm³/mol. The molecule has 2 aromatic rings. The highest BCUT2D eigenvalue weighted by molar-refractivity contribution is 5.82. The zero-order valence-electron chi connectivity index (χ0n) is 13.4. The molecule has 0 aliphatic heterocycles. The number of nitrogens with two attached hydrogens (primary N) is 1. The Kier molecular flexibility index (Phi) is 4.61. The number of carbonyl (C=O) groups is 1. The van der Waals surface area contributed by atoms with Crippen molar-refractivity contribution in [2.45, 2.75) is 32.4 Å². The Hall–Kier alpha value is -2.21. The van der Waals surface area contributed by atoms with Gasteiger partial charge in [-0.2, -0.15) is 0 Å². The average Bonchev–Trinajstić information content (AvgIpc) is 2.85. The van der Waals surface area contributed by atoms with Crippen molar-refractivity contribution >= 4 is 17.0 Å². The second kappa shape index (κ2) is 6.27. The summed E-state index contributed by atoms with van der Waals surface area (Å²) in [6.45, 7) is 5.72. The van der Waals surface area contributed by atoms with Crippen molar-refractivity contribution in [3.05, 3.63) is 30.0 Å². The number of aromatic amines is 1. The Labute approximate surface area is 130 Å². The number of ether oxygens (including phenoxy) is 2. The third-order valence-electron chi connectivity index (χ3n) is 3.15. The standard InChI is InChI=1S/C16H23N3O3/c1-16(2,3)22-15(20)19-14(9-17)13-7-10-5-6-11(21-4)8-12(10)18-13/h5-8,14,18H,9,17H2,1-4H3,(H,19,20). The quantitative estimate of drug-likeness (QED) is 0.810. The molecule has 2 rings (SSSR count). The van der Waals surface area contributed by atoms with Crippen molar-refractivity contribution in [1.82, 2.24) is 10.3 Å². The Balaban J connectivity index is 2.18. The van der Waals surface area contributed by atoms with Crippen molar-refractivity contribution in [3.63, 3.8) is 0 Å². The molecule has 6 heteroatoms. The normalized spacial score (nSPS) is 13.0. The lowest BCUT2D eigenvalue weighted by Crippen LogP contribution is -2.37. The number of benzene rings is 1. The Morgan fingerprint density at radius 1 is 1.36 bits per heavy atom. The van der Waals surface area contributed by atoms with Crippen molar-refractivity contribution in [2.24, 2.45) is 5.73 Å². The lowest BCUT2D eigenvalue weighted by atomic mass is 10.2. The van der Waals surface area contributed by atoms with E-state index in [1.54, 1.807) is 7.11 Å². The topological polar surface area (TPSA) is 89.4 Å². The zero-order valence-corrected chi connectivity index (χ0v) is 13.4. The van der Waals surface area contributed by atoms with Gasteiger partial charge in [0.05, 0.1) is 13.2 Å². The number of hydrogen-bond acceptors (Lipinski definition) is 4. The maximum atomic E-state index is 11.9. The highest BCUT2D eigenvalue weighted by Crippen LogP contribution is 2.24. The summed E-state index contributed by atoms with van der Waals surface area (Å²) < 4.78 is 10.5. The molecule has 0 saturated carbocycles. The van der Waals surface area contributed by atoms with Crippen LogP contribution in [0, 0.1) is 0 Å². The van der Waals surface area contributed by atoms with E-state index in [-0.39, 0.29) is 12.6 Å². The molecule has 22 heavy (non-hydrogen) atoms. The largest absolute Gasteiger partial charge is 0.497 e. The van der Waals surface area contributed by atoms with Gasteiger partial charge in [-0.15, -0.1) is 0 Å². The van der Waals surface area contributed by atoms with Gasteiger partial charge in [0.15, 0.2) is 0 Å². The van der Waals surface area contributed by atoms with E-state index >= 15 is 0 Å².